The van der Waals surface area contributed by atoms with Gasteiger partial charge in [-0.3, -0.25) is 4.79 Å². The molecule has 3 rings (SSSR count). The molecule has 0 spiro atoms. The Balaban J connectivity index is 1.61. The second-order valence-electron chi connectivity index (χ2n) is 6.31. The molecule has 0 bridgehead atoms. The van der Waals surface area contributed by atoms with E-state index in [1.165, 1.54) is 23.1 Å². The largest absolute Gasteiger partial charge is 0.340 e. The average molecular weight is 409 g/mol. The summed E-state index contributed by atoms with van der Waals surface area (Å²) >= 11 is 0. The average Bonchev–Trinajstić information content (AvgIpc) is 3.21. The topological polar surface area (TPSA) is 108 Å². The van der Waals surface area contributed by atoms with Gasteiger partial charge in [0.25, 0.3) is 0 Å². The first kappa shape index (κ1) is 20.3. The molecule has 1 amide bonds. The van der Waals surface area contributed by atoms with Crippen LogP contribution in [0, 0.1) is 11.3 Å². The fourth-order valence-electron chi connectivity index (χ4n) is 2.69. The standard InChI is InChI=1S/C20H19N5O3S/c1-24(14-16-12-22-25(15-16)18-8-3-2-4-9-18)20(26)13-23-29(27,28)19-10-6-5-7-17(19)11-21/h2-10,12,15,23H,13-14H2,1H3. The normalized spacial score (nSPS) is 11.0. The number of sulfonamides is 1. The zero-order chi connectivity index (χ0) is 20.9. The summed E-state index contributed by atoms with van der Waals surface area (Å²) in [6, 6.07) is 17.2. The molecule has 1 N–H and O–H groups in total. The maximum atomic E-state index is 12.4. The highest BCUT2D eigenvalue weighted by atomic mass is 32.2. The van der Waals surface area contributed by atoms with Crippen LogP contribution in [0.4, 0.5) is 0 Å². The van der Waals surface area contributed by atoms with Gasteiger partial charge in [0, 0.05) is 25.4 Å². The van der Waals surface area contributed by atoms with Gasteiger partial charge in [0.05, 0.1) is 28.9 Å². The molecular formula is C20H19N5O3S. The lowest BCUT2D eigenvalue weighted by Crippen LogP contribution is -2.37. The number of benzene rings is 2. The second kappa shape index (κ2) is 8.68. The number of hydrogen-bond acceptors (Lipinski definition) is 5. The van der Waals surface area contributed by atoms with Crippen LogP contribution >= 0.6 is 0 Å². The summed E-state index contributed by atoms with van der Waals surface area (Å²) < 4.78 is 28.8. The van der Waals surface area contributed by atoms with E-state index in [1.807, 2.05) is 42.6 Å². The van der Waals surface area contributed by atoms with Crippen molar-refractivity contribution in [3.8, 4) is 11.8 Å². The van der Waals surface area contributed by atoms with Gasteiger partial charge in [-0.05, 0) is 24.3 Å². The lowest BCUT2D eigenvalue weighted by molar-refractivity contribution is -0.129. The number of likely N-dealkylation sites (N-methyl/N-ethyl adjacent to an activating group) is 1. The Kier molecular flexibility index (Phi) is 6.07. The molecule has 3 aromatic rings. The molecule has 9 heteroatoms. The van der Waals surface area contributed by atoms with Gasteiger partial charge in [-0.1, -0.05) is 30.3 Å². The summed E-state index contributed by atoms with van der Waals surface area (Å²) in [6.45, 7) is -0.131. The molecule has 29 heavy (non-hydrogen) atoms. The van der Waals surface area contributed by atoms with Gasteiger partial charge in [0.1, 0.15) is 6.07 Å². The molecule has 0 atom stereocenters. The highest BCUT2D eigenvalue weighted by molar-refractivity contribution is 7.89. The number of nitrogens with one attached hydrogen (secondary N) is 1. The number of nitriles is 1. The molecule has 8 nitrogen and oxygen atoms in total. The van der Waals surface area contributed by atoms with Crippen molar-refractivity contribution < 1.29 is 13.2 Å². The fraction of sp³-hybridized carbons (Fsp3) is 0.150. The van der Waals surface area contributed by atoms with E-state index < -0.39 is 22.5 Å². The Morgan fingerprint density at radius 3 is 2.59 bits per heavy atom. The number of aromatic nitrogens is 2. The van der Waals surface area contributed by atoms with Crippen LogP contribution in [0.2, 0.25) is 0 Å². The highest BCUT2D eigenvalue weighted by Gasteiger charge is 2.20. The highest BCUT2D eigenvalue weighted by Crippen LogP contribution is 2.14. The Morgan fingerprint density at radius 1 is 1.17 bits per heavy atom. The summed E-state index contributed by atoms with van der Waals surface area (Å²) in [6.07, 6.45) is 3.47. The minimum atomic E-state index is -3.97. The third-order valence-electron chi connectivity index (χ3n) is 4.21. The number of hydrogen-bond donors (Lipinski definition) is 1. The van der Waals surface area contributed by atoms with Gasteiger partial charge >= 0.3 is 0 Å². The molecule has 1 aromatic heterocycles. The first-order chi connectivity index (χ1) is 13.9. The van der Waals surface area contributed by atoms with Crippen LogP contribution in [-0.4, -0.2) is 42.6 Å². The van der Waals surface area contributed by atoms with Gasteiger partial charge < -0.3 is 4.90 Å². The third-order valence-corrected chi connectivity index (χ3v) is 5.67. The summed E-state index contributed by atoms with van der Waals surface area (Å²) in [4.78, 5) is 13.6. The van der Waals surface area contributed by atoms with Crippen LogP contribution in [0.25, 0.3) is 5.69 Å². The minimum Gasteiger partial charge on any atom is -0.340 e. The lowest BCUT2D eigenvalue weighted by Gasteiger charge is -2.16. The Morgan fingerprint density at radius 2 is 1.86 bits per heavy atom. The van der Waals surface area contributed by atoms with Crippen LogP contribution < -0.4 is 4.72 Å². The van der Waals surface area contributed by atoms with Gasteiger partial charge in [0.15, 0.2) is 0 Å². The van der Waals surface area contributed by atoms with Crippen molar-refractivity contribution in [2.75, 3.05) is 13.6 Å². The molecule has 2 aromatic carbocycles. The smallest absolute Gasteiger partial charge is 0.242 e. The van der Waals surface area contributed by atoms with Crippen molar-refractivity contribution in [3.05, 3.63) is 78.1 Å². The van der Waals surface area contributed by atoms with E-state index in [2.05, 4.69) is 9.82 Å². The number of rotatable bonds is 7. The first-order valence-corrected chi connectivity index (χ1v) is 10.2. The van der Waals surface area contributed by atoms with E-state index in [1.54, 1.807) is 24.0 Å². The molecule has 0 fully saturated rings. The zero-order valence-electron chi connectivity index (χ0n) is 15.7. The number of amides is 1. The SMILES string of the molecule is CN(Cc1cnn(-c2ccccc2)c1)C(=O)CNS(=O)(=O)c1ccccc1C#N. The van der Waals surface area contributed by atoms with Crippen LogP contribution in [0.15, 0.2) is 71.9 Å². The lowest BCUT2D eigenvalue weighted by atomic mass is 10.2. The Hall–Kier alpha value is -3.48. The van der Waals surface area contributed by atoms with Gasteiger partial charge in [-0.25, -0.2) is 17.8 Å². The summed E-state index contributed by atoms with van der Waals surface area (Å²) in [5.74, 6) is -0.407. The monoisotopic (exact) mass is 409 g/mol. The summed E-state index contributed by atoms with van der Waals surface area (Å²) in [7, 11) is -2.39. The third kappa shape index (κ3) is 4.87. The first-order valence-electron chi connectivity index (χ1n) is 8.72. The van der Waals surface area contributed by atoms with E-state index in [0.29, 0.717) is 0 Å². The van der Waals surface area contributed by atoms with E-state index in [-0.39, 0.29) is 17.0 Å². The van der Waals surface area contributed by atoms with Crippen LogP contribution in [-0.2, 0) is 21.4 Å². The van der Waals surface area contributed by atoms with E-state index in [0.717, 1.165) is 11.3 Å². The maximum Gasteiger partial charge on any atom is 0.242 e. The van der Waals surface area contributed by atoms with E-state index in [4.69, 9.17) is 5.26 Å². The van der Waals surface area contributed by atoms with Crippen LogP contribution in [0.5, 0.6) is 0 Å². The summed E-state index contributed by atoms with van der Waals surface area (Å²) in [5, 5.41) is 13.3. The van der Waals surface area contributed by atoms with Crippen molar-refractivity contribution >= 4 is 15.9 Å². The Labute approximate surface area is 169 Å². The summed E-state index contributed by atoms with van der Waals surface area (Å²) in [5.41, 5.74) is 1.73. The van der Waals surface area contributed by atoms with Gasteiger partial charge in [-0.2, -0.15) is 10.4 Å². The number of carbonyl (C=O) groups excluding carboxylic acids is 1. The number of para-hydroxylation sites is 1. The molecule has 0 aliphatic heterocycles. The van der Waals surface area contributed by atoms with Gasteiger partial charge in [0.2, 0.25) is 15.9 Å². The van der Waals surface area contributed by atoms with Crippen molar-refractivity contribution in [3.63, 3.8) is 0 Å². The Bertz CT molecular complexity index is 1150. The van der Waals surface area contributed by atoms with Crippen LogP contribution in [0.1, 0.15) is 11.1 Å². The fourth-order valence-corrected chi connectivity index (χ4v) is 3.82. The molecule has 0 saturated carbocycles. The van der Waals surface area contributed by atoms with E-state index >= 15 is 0 Å². The predicted molar refractivity (Wildman–Crippen MR) is 106 cm³/mol. The number of nitrogens with zero attached hydrogens (tertiary/aromatic N) is 4. The van der Waals surface area contributed by atoms with Gasteiger partial charge in [-0.15, -0.1) is 0 Å². The zero-order valence-corrected chi connectivity index (χ0v) is 16.5. The molecule has 0 aliphatic rings. The van der Waals surface area contributed by atoms with Crippen LogP contribution in [0.3, 0.4) is 0 Å². The minimum absolute atomic E-state index is 0.0223. The van der Waals surface area contributed by atoms with Crippen molar-refractivity contribution in [2.24, 2.45) is 0 Å². The molecule has 0 aliphatic carbocycles. The quantitative estimate of drug-likeness (QED) is 0.639. The molecular weight excluding hydrogens is 390 g/mol. The second-order valence-corrected chi connectivity index (χ2v) is 8.05. The molecule has 0 radical (unpaired) electrons. The molecule has 0 unspecified atom stereocenters. The molecule has 148 valence electrons. The number of carbonyl (C=O) groups is 1. The molecule has 1 heterocycles. The van der Waals surface area contributed by atoms with Crippen molar-refractivity contribution in [1.82, 2.24) is 19.4 Å². The van der Waals surface area contributed by atoms with Crippen molar-refractivity contribution in [2.45, 2.75) is 11.4 Å². The maximum absolute atomic E-state index is 12.4. The predicted octanol–water partition coefficient (Wildman–Crippen LogP) is 1.68. The van der Waals surface area contributed by atoms with Crippen molar-refractivity contribution in [1.29, 1.82) is 5.26 Å². The molecule has 0 saturated heterocycles. The van der Waals surface area contributed by atoms with E-state index in [9.17, 15) is 13.2 Å².